The lowest BCUT2D eigenvalue weighted by Gasteiger charge is -2.18. The van der Waals surface area contributed by atoms with Crippen LogP contribution in [0.25, 0.3) is 0 Å². The van der Waals surface area contributed by atoms with Gasteiger partial charge in [0, 0.05) is 35.7 Å². The predicted molar refractivity (Wildman–Crippen MR) is 107 cm³/mol. The number of ether oxygens (including phenoxy) is 2. The first-order valence-electron chi connectivity index (χ1n) is 8.49. The zero-order chi connectivity index (χ0) is 18.4. The number of carbonyl (C=O) groups excluding carboxylic acids is 1. The summed E-state index contributed by atoms with van der Waals surface area (Å²) in [6.45, 7) is 1.34. The summed E-state index contributed by atoms with van der Waals surface area (Å²) in [6.07, 6.45) is 0.169. The van der Waals surface area contributed by atoms with Gasteiger partial charge in [-0.25, -0.2) is 0 Å². The Balaban J connectivity index is 0.00000261. The van der Waals surface area contributed by atoms with Crippen LogP contribution in [-0.2, 0) is 15.6 Å². The van der Waals surface area contributed by atoms with Crippen LogP contribution in [0.15, 0.2) is 53.4 Å². The van der Waals surface area contributed by atoms with Crippen molar-refractivity contribution in [2.75, 3.05) is 25.5 Å². The van der Waals surface area contributed by atoms with Gasteiger partial charge in [0.2, 0.25) is 5.91 Å². The number of fused-ring (bicyclic) bond motifs is 1. The summed E-state index contributed by atoms with van der Waals surface area (Å²) >= 11 is 0. The third-order valence-electron chi connectivity index (χ3n) is 4.04. The highest BCUT2D eigenvalue weighted by Crippen LogP contribution is 2.31. The molecule has 0 bridgehead atoms. The largest absolute Gasteiger partial charge is 0.486 e. The van der Waals surface area contributed by atoms with Gasteiger partial charge in [-0.15, -0.1) is 12.4 Å². The number of nitrogens with one attached hydrogen (secondary N) is 1. The first kappa shape index (κ1) is 21.2. The van der Waals surface area contributed by atoms with E-state index in [9.17, 15) is 9.00 Å². The Kier molecular flexibility index (Phi) is 8.09. The Morgan fingerprint density at radius 3 is 2.56 bits per heavy atom. The zero-order valence-corrected chi connectivity index (χ0v) is 16.4. The van der Waals surface area contributed by atoms with Crippen molar-refractivity contribution in [2.24, 2.45) is 5.73 Å². The summed E-state index contributed by atoms with van der Waals surface area (Å²) in [6, 6.07) is 14.5. The Hall–Kier alpha value is -2.09. The maximum atomic E-state index is 12.4. The van der Waals surface area contributed by atoms with Gasteiger partial charge in [-0.2, -0.15) is 0 Å². The highest BCUT2D eigenvalue weighted by molar-refractivity contribution is 7.85. The van der Waals surface area contributed by atoms with Crippen LogP contribution in [0.4, 0.5) is 0 Å². The van der Waals surface area contributed by atoms with E-state index in [4.69, 9.17) is 15.2 Å². The molecule has 0 saturated carbocycles. The van der Waals surface area contributed by atoms with Crippen molar-refractivity contribution in [3.63, 3.8) is 0 Å². The molecule has 2 atom stereocenters. The van der Waals surface area contributed by atoms with E-state index < -0.39 is 10.8 Å². The summed E-state index contributed by atoms with van der Waals surface area (Å²) in [4.78, 5) is 12.6. The van der Waals surface area contributed by atoms with Gasteiger partial charge >= 0.3 is 0 Å². The quantitative estimate of drug-likeness (QED) is 0.730. The van der Waals surface area contributed by atoms with Crippen LogP contribution in [0.3, 0.4) is 0 Å². The molecule has 2 aromatic rings. The first-order valence-corrected chi connectivity index (χ1v) is 9.80. The summed E-state index contributed by atoms with van der Waals surface area (Å²) in [5, 5.41) is 2.79. The van der Waals surface area contributed by atoms with E-state index in [-0.39, 0.29) is 36.5 Å². The molecule has 0 aliphatic carbocycles. The molecule has 0 fully saturated rings. The third-order valence-corrected chi connectivity index (χ3v) is 5.39. The van der Waals surface area contributed by atoms with Gasteiger partial charge in [0.05, 0.1) is 10.8 Å². The summed E-state index contributed by atoms with van der Waals surface area (Å²) < 4.78 is 23.3. The number of amides is 1. The van der Waals surface area contributed by atoms with Gasteiger partial charge in [0.1, 0.15) is 13.2 Å². The summed E-state index contributed by atoms with van der Waals surface area (Å²) in [7, 11) is -1.28. The molecule has 2 aromatic carbocycles. The van der Waals surface area contributed by atoms with Gasteiger partial charge in [-0.05, 0) is 17.7 Å². The fourth-order valence-electron chi connectivity index (χ4n) is 2.60. The highest BCUT2D eigenvalue weighted by atomic mass is 35.5. The molecular weight excluding hydrogens is 388 g/mol. The van der Waals surface area contributed by atoms with Crippen molar-refractivity contribution in [2.45, 2.75) is 17.4 Å². The molecule has 2 unspecified atom stereocenters. The molecule has 0 saturated heterocycles. The van der Waals surface area contributed by atoms with Crippen LogP contribution in [-0.4, -0.2) is 35.6 Å². The minimum Gasteiger partial charge on any atom is -0.486 e. The third kappa shape index (κ3) is 5.95. The molecule has 3 rings (SSSR count). The molecule has 6 nitrogen and oxygen atoms in total. The number of benzene rings is 2. The molecule has 0 aromatic heterocycles. The molecule has 146 valence electrons. The minimum atomic E-state index is -1.28. The van der Waals surface area contributed by atoms with Crippen LogP contribution in [0.1, 0.15) is 18.0 Å². The van der Waals surface area contributed by atoms with Crippen molar-refractivity contribution < 1.29 is 18.5 Å². The van der Waals surface area contributed by atoms with Gasteiger partial charge < -0.3 is 20.5 Å². The standard InChI is InChI=1S/C19H22N2O4S.ClH/c20-16(14-4-2-1-3-5-14)13-21-19(22)8-11-26(23)15-6-7-17-18(12-15)25-10-9-24-17;/h1-7,12,16H,8-11,13,20H2,(H,21,22);1H. The van der Waals surface area contributed by atoms with Crippen molar-refractivity contribution in [3.8, 4) is 11.5 Å². The number of carbonyl (C=O) groups is 1. The van der Waals surface area contributed by atoms with E-state index in [1.807, 2.05) is 30.3 Å². The van der Waals surface area contributed by atoms with Gasteiger partial charge in [0.25, 0.3) is 0 Å². The predicted octanol–water partition coefficient (Wildman–Crippen LogP) is 2.19. The monoisotopic (exact) mass is 410 g/mol. The second-order valence-corrected chi connectivity index (χ2v) is 7.50. The Morgan fingerprint density at radius 1 is 1.11 bits per heavy atom. The molecular formula is C19H23ClN2O4S. The zero-order valence-electron chi connectivity index (χ0n) is 14.8. The van der Waals surface area contributed by atoms with Crippen molar-refractivity contribution >= 4 is 29.1 Å². The minimum absolute atomic E-state index is 0. The maximum Gasteiger partial charge on any atom is 0.221 e. The topological polar surface area (TPSA) is 90.7 Å². The van der Waals surface area contributed by atoms with E-state index in [2.05, 4.69) is 5.32 Å². The van der Waals surface area contributed by atoms with Gasteiger partial charge in [0.15, 0.2) is 11.5 Å². The molecule has 1 aliphatic rings. The number of hydrogen-bond acceptors (Lipinski definition) is 5. The lowest BCUT2D eigenvalue weighted by molar-refractivity contribution is -0.120. The normalized spacial score (nSPS) is 14.6. The highest BCUT2D eigenvalue weighted by Gasteiger charge is 2.15. The number of hydrogen-bond donors (Lipinski definition) is 2. The molecule has 1 aliphatic heterocycles. The van der Waals surface area contributed by atoms with Crippen LogP contribution in [0.5, 0.6) is 11.5 Å². The van der Waals surface area contributed by atoms with E-state index >= 15 is 0 Å². The van der Waals surface area contributed by atoms with E-state index in [1.165, 1.54) is 0 Å². The lowest BCUT2D eigenvalue weighted by Crippen LogP contribution is -2.32. The van der Waals surface area contributed by atoms with Crippen LogP contribution >= 0.6 is 12.4 Å². The van der Waals surface area contributed by atoms with Crippen molar-refractivity contribution in [1.82, 2.24) is 5.32 Å². The number of rotatable bonds is 7. The second kappa shape index (κ2) is 10.3. The fraction of sp³-hybridized carbons (Fsp3) is 0.316. The molecule has 8 heteroatoms. The maximum absolute atomic E-state index is 12.4. The Bertz CT molecular complexity index is 789. The average molecular weight is 411 g/mol. The van der Waals surface area contributed by atoms with E-state index in [0.717, 1.165) is 5.56 Å². The van der Waals surface area contributed by atoms with Gasteiger partial charge in [-0.1, -0.05) is 30.3 Å². The molecule has 3 N–H and O–H groups in total. The first-order chi connectivity index (χ1) is 12.6. The van der Waals surface area contributed by atoms with Crippen molar-refractivity contribution in [1.29, 1.82) is 0 Å². The second-order valence-electron chi connectivity index (χ2n) is 5.93. The fourth-order valence-corrected chi connectivity index (χ4v) is 3.66. The summed E-state index contributed by atoms with van der Waals surface area (Å²) in [5.74, 6) is 1.33. The Labute approximate surface area is 167 Å². The molecule has 0 radical (unpaired) electrons. The SMILES string of the molecule is Cl.NC(CNC(=O)CCS(=O)c1ccc2c(c1)OCCO2)c1ccccc1. The van der Waals surface area contributed by atoms with Crippen LogP contribution in [0.2, 0.25) is 0 Å². The molecule has 1 heterocycles. The Morgan fingerprint density at radius 2 is 1.81 bits per heavy atom. The molecule has 0 spiro atoms. The summed E-state index contributed by atoms with van der Waals surface area (Å²) in [5.41, 5.74) is 7.02. The smallest absolute Gasteiger partial charge is 0.221 e. The van der Waals surface area contributed by atoms with Crippen molar-refractivity contribution in [3.05, 3.63) is 54.1 Å². The average Bonchev–Trinajstić information content (AvgIpc) is 2.70. The number of halogens is 1. The van der Waals surface area contributed by atoms with E-state index in [0.29, 0.717) is 36.2 Å². The van der Waals surface area contributed by atoms with Crippen LogP contribution < -0.4 is 20.5 Å². The van der Waals surface area contributed by atoms with E-state index in [1.54, 1.807) is 18.2 Å². The van der Waals surface area contributed by atoms with Crippen LogP contribution in [0, 0.1) is 0 Å². The molecule has 27 heavy (non-hydrogen) atoms. The van der Waals surface area contributed by atoms with Gasteiger partial charge in [-0.3, -0.25) is 9.00 Å². The lowest BCUT2D eigenvalue weighted by atomic mass is 10.1. The molecule has 1 amide bonds. The number of nitrogens with two attached hydrogens (primary N) is 1.